The van der Waals surface area contributed by atoms with Crippen molar-refractivity contribution in [1.29, 1.82) is 0 Å². The number of esters is 1. The van der Waals surface area contributed by atoms with Crippen molar-refractivity contribution in [3.05, 3.63) is 77.1 Å². The number of carbonyl (C=O) groups excluding carboxylic acids is 2. The Morgan fingerprint density at radius 1 is 1.23 bits per heavy atom. The molecule has 8 nitrogen and oxygen atoms in total. The second-order valence-corrected chi connectivity index (χ2v) is 7.00. The summed E-state index contributed by atoms with van der Waals surface area (Å²) in [7, 11) is 2.75. The maximum absolute atomic E-state index is 14.9. The second-order valence-electron chi connectivity index (χ2n) is 7.00. The highest BCUT2D eigenvalue weighted by atomic mass is 19.1. The quantitative estimate of drug-likeness (QED) is 0.625. The number of nitrogens with zero attached hydrogens (tertiary/aromatic N) is 2. The third kappa shape index (κ3) is 3.94. The SMILES string of the molecule is COC(=O)c1cccc(NC(=O)N2CCc3[nH]cnc3[C@@H]2c2ccc(OC)cc2F)c1. The molecule has 0 fully saturated rings. The van der Waals surface area contributed by atoms with Gasteiger partial charge in [-0.1, -0.05) is 6.07 Å². The number of halogens is 1. The van der Waals surface area contributed by atoms with Gasteiger partial charge in [0, 0.05) is 36.0 Å². The fraction of sp³-hybridized carbons (Fsp3) is 0.227. The molecule has 0 bridgehead atoms. The zero-order valence-corrected chi connectivity index (χ0v) is 17.0. The average molecular weight is 424 g/mol. The van der Waals surface area contributed by atoms with Gasteiger partial charge >= 0.3 is 12.0 Å². The number of anilines is 1. The molecule has 3 aromatic rings. The lowest BCUT2D eigenvalue weighted by molar-refractivity contribution is 0.0600. The lowest BCUT2D eigenvalue weighted by atomic mass is 9.95. The van der Waals surface area contributed by atoms with Gasteiger partial charge in [-0.15, -0.1) is 0 Å². The summed E-state index contributed by atoms with van der Waals surface area (Å²) in [6, 6.07) is 9.80. The van der Waals surface area contributed by atoms with Gasteiger partial charge in [-0.05, 0) is 30.3 Å². The molecule has 1 aliphatic rings. The lowest BCUT2D eigenvalue weighted by Gasteiger charge is -2.35. The van der Waals surface area contributed by atoms with Crippen molar-refractivity contribution in [1.82, 2.24) is 14.9 Å². The monoisotopic (exact) mass is 424 g/mol. The van der Waals surface area contributed by atoms with E-state index in [1.54, 1.807) is 36.7 Å². The summed E-state index contributed by atoms with van der Waals surface area (Å²) in [6.07, 6.45) is 2.10. The number of hydrogen-bond acceptors (Lipinski definition) is 5. The molecule has 0 saturated heterocycles. The number of aromatic amines is 1. The highest BCUT2D eigenvalue weighted by Crippen LogP contribution is 2.36. The normalized spacial score (nSPS) is 15.2. The molecule has 0 unspecified atom stereocenters. The van der Waals surface area contributed by atoms with Crippen molar-refractivity contribution >= 4 is 17.7 Å². The van der Waals surface area contributed by atoms with Crippen molar-refractivity contribution in [3.63, 3.8) is 0 Å². The van der Waals surface area contributed by atoms with Crippen LogP contribution in [0.2, 0.25) is 0 Å². The average Bonchev–Trinajstić information content (AvgIpc) is 3.27. The predicted molar refractivity (Wildman–Crippen MR) is 111 cm³/mol. The minimum atomic E-state index is -0.718. The third-order valence-corrected chi connectivity index (χ3v) is 5.22. The largest absolute Gasteiger partial charge is 0.497 e. The van der Waals surface area contributed by atoms with Crippen LogP contribution in [-0.4, -0.2) is 47.6 Å². The van der Waals surface area contributed by atoms with Crippen LogP contribution in [-0.2, 0) is 11.2 Å². The Hall–Kier alpha value is -3.88. The van der Waals surface area contributed by atoms with Gasteiger partial charge in [0.2, 0.25) is 0 Å². The molecular weight excluding hydrogens is 403 g/mol. The Morgan fingerprint density at radius 2 is 2.06 bits per heavy atom. The number of rotatable bonds is 4. The predicted octanol–water partition coefficient (Wildman–Crippen LogP) is 3.52. The smallest absolute Gasteiger partial charge is 0.337 e. The Kier molecular flexibility index (Phi) is 5.57. The Bertz CT molecular complexity index is 1130. The first-order valence-corrected chi connectivity index (χ1v) is 9.63. The number of nitrogens with one attached hydrogen (secondary N) is 2. The molecule has 0 saturated carbocycles. The van der Waals surface area contributed by atoms with E-state index in [4.69, 9.17) is 9.47 Å². The van der Waals surface area contributed by atoms with E-state index in [9.17, 15) is 14.0 Å². The maximum atomic E-state index is 14.9. The standard InChI is InChI=1S/C22H21FN4O4/c1-30-15-6-7-16(17(23)11-15)20-19-18(24-12-25-19)8-9-27(20)22(29)26-14-5-3-4-13(10-14)21(28)31-2/h3-7,10-12,20H,8-9H2,1-2H3,(H,24,25)(H,26,29)/t20-/m0/s1. The fourth-order valence-corrected chi connectivity index (χ4v) is 3.70. The first kappa shape index (κ1) is 20.4. The minimum absolute atomic E-state index is 0.311. The number of fused-ring (bicyclic) bond motifs is 1. The molecule has 2 aromatic carbocycles. The van der Waals surface area contributed by atoms with E-state index in [2.05, 4.69) is 15.3 Å². The van der Waals surface area contributed by atoms with Crippen molar-refractivity contribution in [2.75, 3.05) is 26.1 Å². The highest BCUT2D eigenvalue weighted by Gasteiger charge is 2.35. The summed E-state index contributed by atoms with van der Waals surface area (Å²) in [5.41, 5.74) is 2.50. The molecule has 2 N–H and O–H groups in total. The second kappa shape index (κ2) is 8.47. The van der Waals surface area contributed by atoms with Gasteiger partial charge < -0.3 is 24.7 Å². The fourth-order valence-electron chi connectivity index (χ4n) is 3.70. The number of aromatic nitrogens is 2. The molecule has 31 heavy (non-hydrogen) atoms. The molecule has 0 radical (unpaired) electrons. The zero-order chi connectivity index (χ0) is 22.0. The van der Waals surface area contributed by atoms with Crippen molar-refractivity contribution in [2.45, 2.75) is 12.5 Å². The van der Waals surface area contributed by atoms with Crippen LogP contribution in [0.15, 0.2) is 48.8 Å². The van der Waals surface area contributed by atoms with Crippen LogP contribution in [0.3, 0.4) is 0 Å². The molecule has 1 aromatic heterocycles. The molecule has 0 spiro atoms. The summed E-state index contributed by atoms with van der Waals surface area (Å²) in [5, 5.41) is 2.79. The van der Waals surface area contributed by atoms with Gasteiger partial charge in [-0.3, -0.25) is 0 Å². The maximum Gasteiger partial charge on any atom is 0.337 e. The summed E-state index contributed by atoms with van der Waals surface area (Å²) in [6.45, 7) is 0.355. The van der Waals surface area contributed by atoms with Gasteiger partial charge in [0.15, 0.2) is 0 Å². The van der Waals surface area contributed by atoms with Crippen LogP contribution in [0.4, 0.5) is 14.9 Å². The first-order chi connectivity index (χ1) is 15.0. The number of ether oxygens (including phenoxy) is 2. The van der Waals surface area contributed by atoms with E-state index in [0.717, 1.165) is 5.69 Å². The number of benzene rings is 2. The van der Waals surface area contributed by atoms with E-state index in [-0.39, 0.29) is 0 Å². The van der Waals surface area contributed by atoms with Gasteiger partial charge in [-0.25, -0.2) is 19.0 Å². The molecule has 160 valence electrons. The Balaban J connectivity index is 1.66. The molecule has 2 heterocycles. The van der Waals surface area contributed by atoms with Gasteiger partial charge in [0.05, 0.1) is 31.8 Å². The minimum Gasteiger partial charge on any atom is -0.497 e. The van der Waals surface area contributed by atoms with Gasteiger partial charge in [0.1, 0.15) is 17.6 Å². The van der Waals surface area contributed by atoms with E-state index in [1.807, 2.05) is 0 Å². The summed E-state index contributed by atoms with van der Waals surface area (Å²) < 4.78 is 24.8. The van der Waals surface area contributed by atoms with Crippen molar-refractivity contribution in [3.8, 4) is 5.75 Å². The zero-order valence-electron chi connectivity index (χ0n) is 17.0. The molecular formula is C22H21FN4O4. The third-order valence-electron chi connectivity index (χ3n) is 5.22. The van der Waals surface area contributed by atoms with Gasteiger partial charge in [-0.2, -0.15) is 0 Å². The molecule has 9 heteroatoms. The number of H-pyrrole nitrogens is 1. The van der Waals surface area contributed by atoms with Crippen LogP contribution in [0.1, 0.15) is 33.4 Å². The molecule has 1 aliphatic heterocycles. The summed E-state index contributed by atoms with van der Waals surface area (Å²) >= 11 is 0. The lowest BCUT2D eigenvalue weighted by Crippen LogP contribution is -2.43. The van der Waals surface area contributed by atoms with Crippen molar-refractivity contribution < 1.29 is 23.5 Å². The summed E-state index contributed by atoms with van der Waals surface area (Å²) in [4.78, 5) is 33.9. The summed E-state index contributed by atoms with van der Waals surface area (Å²) in [5.74, 6) is -0.617. The number of carbonyl (C=O) groups is 2. The number of hydrogen-bond donors (Lipinski definition) is 2. The molecule has 0 aliphatic carbocycles. The van der Waals surface area contributed by atoms with Crippen LogP contribution >= 0.6 is 0 Å². The van der Waals surface area contributed by atoms with Crippen LogP contribution in [0, 0.1) is 5.82 Å². The number of methoxy groups -OCH3 is 2. The first-order valence-electron chi connectivity index (χ1n) is 9.63. The highest BCUT2D eigenvalue weighted by molar-refractivity contribution is 5.94. The van der Waals surface area contributed by atoms with Crippen LogP contribution in [0.5, 0.6) is 5.75 Å². The van der Waals surface area contributed by atoms with E-state index in [1.165, 1.54) is 31.3 Å². The van der Waals surface area contributed by atoms with E-state index < -0.39 is 23.9 Å². The van der Waals surface area contributed by atoms with Crippen LogP contribution in [0.25, 0.3) is 0 Å². The number of urea groups is 1. The molecule has 4 rings (SSSR count). The van der Waals surface area contributed by atoms with Crippen LogP contribution < -0.4 is 10.1 Å². The Morgan fingerprint density at radius 3 is 2.81 bits per heavy atom. The van der Waals surface area contributed by atoms with Crippen molar-refractivity contribution in [2.24, 2.45) is 0 Å². The number of imidazole rings is 1. The van der Waals surface area contributed by atoms with Gasteiger partial charge in [0.25, 0.3) is 0 Å². The molecule has 2 amide bonds. The topological polar surface area (TPSA) is 96.6 Å². The number of amides is 2. The van der Waals surface area contributed by atoms with E-state index in [0.29, 0.717) is 41.2 Å². The molecule has 1 atom stereocenters. The van der Waals surface area contributed by atoms with E-state index >= 15 is 0 Å². The Labute approximate surface area is 178 Å².